The SMILES string of the molecule is O=S1(=O)CCCN1[C@H]1CCCN(CCSC2CCCCC2)C1. The van der Waals surface area contributed by atoms with Crippen molar-refractivity contribution in [3.05, 3.63) is 0 Å². The van der Waals surface area contributed by atoms with E-state index in [4.69, 9.17) is 0 Å². The Morgan fingerprint density at radius 1 is 0.955 bits per heavy atom. The van der Waals surface area contributed by atoms with E-state index in [-0.39, 0.29) is 6.04 Å². The Labute approximate surface area is 140 Å². The maximum atomic E-state index is 12.1. The van der Waals surface area contributed by atoms with E-state index in [2.05, 4.69) is 16.7 Å². The second kappa shape index (κ2) is 7.86. The van der Waals surface area contributed by atoms with Gasteiger partial charge in [0.25, 0.3) is 0 Å². The summed E-state index contributed by atoms with van der Waals surface area (Å²) < 4.78 is 26.0. The van der Waals surface area contributed by atoms with Crippen LogP contribution < -0.4 is 0 Å². The molecule has 2 heterocycles. The van der Waals surface area contributed by atoms with Crippen LogP contribution in [0.1, 0.15) is 51.4 Å². The van der Waals surface area contributed by atoms with Crippen LogP contribution in [0.25, 0.3) is 0 Å². The molecule has 0 bridgehead atoms. The monoisotopic (exact) mass is 346 g/mol. The molecule has 0 amide bonds. The van der Waals surface area contributed by atoms with Crippen molar-refractivity contribution in [2.75, 3.05) is 37.7 Å². The average Bonchev–Trinajstić information content (AvgIpc) is 2.88. The molecular formula is C16H30N2O2S2. The highest BCUT2D eigenvalue weighted by Crippen LogP contribution is 2.29. The van der Waals surface area contributed by atoms with Crippen LogP contribution in [0.15, 0.2) is 0 Å². The van der Waals surface area contributed by atoms with Crippen LogP contribution in [0.4, 0.5) is 0 Å². The van der Waals surface area contributed by atoms with Crippen molar-refractivity contribution in [1.29, 1.82) is 0 Å². The van der Waals surface area contributed by atoms with Crippen molar-refractivity contribution in [2.45, 2.75) is 62.7 Å². The minimum absolute atomic E-state index is 0.237. The molecule has 1 aliphatic carbocycles. The molecule has 4 nitrogen and oxygen atoms in total. The normalized spacial score (nSPS) is 31.5. The van der Waals surface area contributed by atoms with Crippen LogP contribution in [-0.4, -0.2) is 66.6 Å². The van der Waals surface area contributed by atoms with Gasteiger partial charge in [0, 0.05) is 36.7 Å². The third-order valence-electron chi connectivity index (χ3n) is 5.34. The lowest BCUT2D eigenvalue weighted by Crippen LogP contribution is -2.48. The molecule has 0 spiro atoms. The van der Waals surface area contributed by atoms with Crippen molar-refractivity contribution in [2.24, 2.45) is 0 Å². The predicted octanol–water partition coefficient (Wildman–Crippen LogP) is 2.55. The van der Waals surface area contributed by atoms with E-state index in [0.717, 1.165) is 50.7 Å². The molecular weight excluding hydrogens is 316 g/mol. The largest absolute Gasteiger partial charge is 0.301 e. The van der Waals surface area contributed by atoms with Gasteiger partial charge in [-0.2, -0.15) is 16.1 Å². The number of nitrogens with zero attached hydrogens (tertiary/aromatic N) is 2. The Hall–Kier alpha value is 0.220. The third kappa shape index (κ3) is 4.40. The zero-order valence-electron chi connectivity index (χ0n) is 13.6. The van der Waals surface area contributed by atoms with Crippen molar-refractivity contribution < 1.29 is 8.42 Å². The highest BCUT2D eigenvalue weighted by molar-refractivity contribution is 7.99. The van der Waals surface area contributed by atoms with Gasteiger partial charge in [-0.05, 0) is 38.6 Å². The molecule has 0 unspecified atom stereocenters. The predicted molar refractivity (Wildman–Crippen MR) is 93.9 cm³/mol. The van der Waals surface area contributed by atoms with Gasteiger partial charge in [-0.25, -0.2) is 8.42 Å². The Balaban J connectivity index is 1.42. The minimum Gasteiger partial charge on any atom is -0.301 e. The second-order valence-electron chi connectivity index (χ2n) is 7.01. The summed E-state index contributed by atoms with van der Waals surface area (Å²) in [4.78, 5) is 2.50. The molecule has 0 radical (unpaired) electrons. The minimum atomic E-state index is -2.95. The molecule has 1 saturated carbocycles. The first-order valence-corrected chi connectivity index (χ1v) is 11.6. The summed E-state index contributed by atoms with van der Waals surface area (Å²) in [5, 5.41) is 0.883. The van der Waals surface area contributed by atoms with E-state index in [0.29, 0.717) is 5.75 Å². The number of hydrogen-bond donors (Lipinski definition) is 0. The van der Waals surface area contributed by atoms with E-state index in [1.165, 1.54) is 37.9 Å². The first kappa shape index (κ1) is 17.1. The number of piperidine rings is 1. The molecule has 0 N–H and O–H groups in total. The summed E-state index contributed by atoms with van der Waals surface area (Å²) in [6.07, 6.45) is 10.1. The molecule has 6 heteroatoms. The summed E-state index contributed by atoms with van der Waals surface area (Å²) >= 11 is 2.15. The van der Waals surface area contributed by atoms with Gasteiger partial charge in [-0.1, -0.05) is 19.3 Å². The molecule has 3 rings (SSSR count). The Morgan fingerprint density at radius 2 is 1.77 bits per heavy atom. The topological polar surface area (TPSA) is 40.6 Å². The molecule has 128 valence electrons. The standard InChI is InChI=1S/C16H30N2O2S2/c19-22(20)13-5-10-18(22)15-6-4-9-17(14-15)11-12-21-16-7-2-1-3-8-16/h15-16H,1-14H2/t15-/m0/s1. The van der Waals surface area contributed by atoms with Crippen LogP contribution in [0.5, 0.6) is 0 Å². The van der Waals surface area contributed by atoms with Crippen molar-refractivity contribution in [1.82, 2.24) is 9.21 Å². The van der Waals surface area contributed by atoms with E-state index in [1.807, 2.05) is 0 Å². The Kier molecular flexibility index (Phi) is 6.09. The second-order valence-corrected chi connectivity index (χ2v) is 10.5. The number of hydrogen-bond acceptors (Lipinski definition) is 4. The van der Waals surface area contributed by atoms with Gasteiger partial charge in [0.1, 0.15) is 0 Å². The zero-order valence-corrected chi connectivity index (χ0v) is 15.2. The average molecular weight is 347 g/mol. The van der Waals surface area contributed by atoms with Crippen molar-refractivity contribution in [3.63, 3.8) is 0 Å². The van der Waals surface area contributed by atoms with Gasteiger partial charge >= 0.3 is 0 Å². The van der Waals surface area contributed by atoms with Crippen molar-refractivity contribution in [3.8, 4) is 0 Å². The fourth-order valence-corrected chi connectivity index (χ4v) is 7.24. The number of likely N-dealkylation sites (tertiary alicyclic amines) is 1. The van der Waals surface area contributed by atoms with Crippen molar-refractivity contribution >= 4 is 21.8 Å². The highest BCUT2D eigenvalue weighted by atomic mass is 32.2. The molecule has 1 atom stereocenters. The lowest BCUT2D eigenvalue weighted by Gasteiger charge is -2.36. The summed E-state index contributed by atoms with van der Waals surface area (Å²) in [6, 6.07) is 0.237. The fraction of sp³-hybridized carbons (Fsp3) is 1.00. The molecule has 2 saturated heterocycles. The first-order valence-electron chi connectivity index (χ1n) is 8.99. The molecule has 0 aromatic heterocycles. The maximum absolute atomic E-state index is 12.1. The van der Waals surface area contributed by atoms with Gasteiger partial charge in [0.05, 0.1) is 5.75 Å². The number of rotatable bonds is 5. The molecule has 3 fully saturated rings. The maximum Gasteiger partial charge on any atom is 0.214 e. The lowest BCUT2D eigenvalue weighted by molar-refractivity contribution is 0.159. The zero-order chi connectivity index (χ0) is 15.4. The van der Waals surface area contributed by atoms with Crippen LogP contribution in [-0.2, 0) is 10.0 Å². The summed E-state index contributed by atoms with van der Waals surface area (Å²) in [5.74, 6) is 1.57. The fourth-order valence-electron chi connectivity index (χ4n) is 4.12. The van der Waals surface area contributed by atoms with Crippen LogP contribution in [0.2, 0.25) is 0 Å². The molecule has 0 aromatic carbocycles. The lowest BCUT2D eigenvalue weighted by atomic mass is 10.0. The number of sulfonamides is 1. The summed E-state index contributed by atoms with van der Waals surface area (Å²) in [6.45, 7) is 3.98. The third-order valence-corrected chi connectivity index (χ3v) is 8.70. The van der Waals surface area contributed by atoms with E-state index >= 15 is 0 Å². The summed E-state index contributed by atoms with van der Waals surface area (Å²) in [7, 11) is -2.95. The van der Waals surface area contributed by atoms with Crippen LogP contribution in [0, 0.1) is 0 Å². The molecule has 3 aliphatic rings. The molecule has 22 heavy (non-hydrogen) atoms. The summed E-state index contributed by atoms with van der Waals surface area (Å²) in [5.41, 5.74) is 0. The van der Waals surface area contributed by atoms with Gasteiger partial charge in [-0.15, -0.1) is 0 Å². The molecule has 0 aromatic rings. The highest BCUT2D eigenvalue weighted by Gasteiger charge is 2.36. The van der Waals surface area contributed by atoms with Crippen LogP contribution in [0.3, 0.4) is 0 Å². The molecule has 2 aliphatic heterocycles. The van der Waals surface area contributed by atoms with E-state index < -0.39 is 10.0 Å². The first-order chi connectivity index (χ1) is 10.6. The van der Waals surface area contributed by atoms with E-state index in [9.17, 15) is 8.42 Å². The number of thioether (sulfide) groups is 1. The van der Waals surface area contributed by atoms with E-state index in [1.54, 1.807) is 4.31 Å². The van der Waals surface area contributed by atoms with Gasteiger partial charge in [-0.3, -0.25) is 0 Å². The van der Waals surface area contributed by atoms with Crippen LogP contribution >= 0.6 is 11.8 Å². The van der Waals surface area contributed by atoms with Gasteiger partial charge < -0.3 is 4.90 Å². The quantitative estimate of drug-likeness (QED) is 0.767. The smallest absolute Gasteiger partial charge is 0.214 e. The Morgan fingerprint density at radius 3 is 2.50 bits per heavy atom. The van der Waals surface area contributed by atoms with Gasteiger partial charge in [0.2, 0.25) is 10.0 Å². The Bertz CT molecular complexity index is 449. The van der Waals surface area contributed by atoms with Gasteiger partial charge in [0.15, 0.2) is 0 Å².